The van der Waals surface area contributed by atoms with Crippen molar-refractivity contribution < 1.29 is 9.53 Å². The number of rotatable bonds is 4. The first kappa shape index (κ1) is 14.0. The van der Waals surface area contributed by atoms with E-state index in [1.807, 2.05) is 13.8 Å². The number of Topliss-reactive ketones (excluding diaryl/α,β-unsaturated/α-hetero) is 1. The van der Waals surface area contributed by atoms with Crippen LogP contribution in [0.25, 0.3) is 0 Å². The van der Waals surface area contributed by atoms with Gasteiger partial charge in [0.15, 0.2) is 6.61 Å². The van der Waals surface area contributed by atoms with E-state index in [4.69, 9.17) is 27.9 Å². The lowest BCUT2D eigenvalue weighted by Gasteiger charge is -2.07. The lowest BCUT2D eigenvalue weighted by Crippen LogP contribution is -2.12. The Bertz CT molecular complexity index is 620. The molecule has 19 heavy (non-hydrogen) atoms. The molecule has 0 unspecified atom stereocenters. The van der Waals surface area contributed by atoms with Crippen LogP contribution in [0.15, 0.2) is 24.3 Å². The molecule has 0 fully saturated rings. The highest BCUT2D eigenvalue weighted by atomic mass is 35.5. The summed E-state index contributed by atoms with van der Waals surface area (Å²) >= 11 is 11.9. The second-order valence-electron chi connectivity index (χ2n) is 4.25. The third-order valence-corrected chi connectivity index (χ3v) is 3.53. The Morgan fingerprint density at radius 3 is 2.68 bits per heavy atom. The Morgan fingerprint density at radius 1 is 1.32 bits per heavy atom. The van der Waals surface area contributed by atoms with Crippen LogP contribution in [0.1, 0.15) is 21.7 Å². The number of H-pyrrole nitrogens is 1. The number of ether oxygens (including phenoxy) is 1. The van der Waals surface area contributed by atoms with Crippen LogP contribution >= 0.6 is 23.2 Å². The zero-order valence-corrected chi connectivity index (χ0v) is 12.1. The monoisotopic (exact) mass is 297 g/mol. The third kappa shape index (κ3) is 3.11. The predicted octanol–water partition coefficient (Wildman–Crippen LogP) is 4.20. The van der Waals surface area contributed by atoms with Crippen molar-refractivity contribution in [2.45, 2.75) is 13.8 Å². The number of hydrogen-bond donors (Lipinski definition) is 1. The highest BCUT2D eigenvalue weighted by Gasteiger charge is 2.13. The van der Waals surface area contributed by atoms with Crippen molar-refractivity contribution in [1.82, 2.24) is 4.98 Å². The molecule has 0 aliphatic carbocycles. The molecule has 0 spiro atoms. The number of hydrogen-bond acceptors (Lipinski definition) is 2. The third-order valence-electron chi connectivity index (χ3n) is 2.72. The Morgan fingerprint density at radius 2 is 2.05 bits per heavy atom. The molecule has 1 aromatic heterocycles. The standard InChI is InChI=1S/C14H13Cl2NO2/c1-8-6-10(9(2)17-8)12(18)7-19-13-5-3-4-11(15)14(13)16/h3-6,17H,7H2,1-2H3. The highest BCUT2D eigenvalue weighted by Crippen LogP contribution is 2.31. The van der Waals surface area contributed by atoms with Crippen molar-refractivity contribution in [1.29, 1.82) is 0 Å². The van der Waals surface area contributed by atoms with E-state index in [0.29, 0.717) is 21.4 Å². The zero-order valence-electron chi connectivity index (χ0n) is 10.6. The first-order valence-electron chi connectivity index (χ1n) is 5.75. The molecule has 1 aromatic carbocycles. The molecule has 0 aliphatic heterocycles. The Labute approximate surface area is 121 Å². The topological polar surface area (TPSA) is 42.1 Å². The number of ketones is 1. The van der Waals surface area contributed by atoms with Crippen molar-refractivity contribution in [3.63, 3.8) is 0 Å². The normalized spacial score (nSPS) is 10.5. The molecule has 0 saturated carbocycles. The maximum absolute atomic E-state index is 12.0. The number of carbonyl (C=O) groups is 1. The van der Waals surface area contributed by atoms with Gasteiger partial charge in [0.2, 0.25) is 5.78 Å². The molecule has 0 aliphatic rings. The van der Waals surface area contributed by atoms with Gasteiger partial charge in [0.25, 0.3) is 0 Å². The summed E-state index contributed by atoms with van der Waals surface area (Å²) in [5.74, 6) is 0.310. The van der Waals surface area contributed by atoms with Crippen LogP contribution in [0.4, 0.5) is 0 Å². The number of aromatic amines is 1. The fourth-order valence-electron chi connectivity index (χ4n) is 1.83. The van der Waals surface area contributed by atoms with Crippen LogP contribution in [-0.4, -0.2) is 17.4 Å². The number of benzene rings is 1. The fourth-order valence-corrected chi connectivity index (χ4v) is 2.18. The molecule has 100 valence electrons. The van der Waals surface area contributed by atoms with Crippen LogP contribution in [0.2, 0.25) is 10.0 Å². The van der Waals surface area contributed by atoms with Crippen molar-refractivity contribution in [3.8, 4) is 5.75 Å². The number of nitrogens with one attached hydrogen (secondary N) is 1. The van der Waals surface area contributed by atoms with E-state index in [1.165, 1.54) is 0 Å². The van der Waals surface area contributed by atoms with Gasteiger partial charge in [-0.3, -0.25) is 4.79 Å². The molecule has 0 bridgehead atoms. The van der Waals surface area contributed by atoms with Gasteiger partial charge in [0.05, 0.1) is 5.02 Å². The van der Waals surface area contributed by atoms with Gasteiger partial charge >= 0.3 is 0 Å². The minimum atomic E-state index is -0.0992. The van der Waals surface area contributed by atoms with E-state index in [1.54, 1.807) is 24.3 Å². The van der Waals surface area contributed by atoms with E-state index < -0.39 is 0 Å². The van der Waals surface area contributed by atoms with Crippen molar-refractivity contribution >= 4 is 29.0 Å². The van der Waals surface area contributed by atoms with Gasteiger partial charge in [-0.25, -0.2) is 0 Å². The second-order valence-corrected chi connectivity index (χ2v) is 5.04. The summed E-state index contributed by atoms with van der Waals surface area (Å²) in [5, 5.41) is 0.722. The Hall–Kier alpha value is -1.45. The molecule has 1 heterocycles. The minimum absolute atomic E-state index is 0.0712. The SMILES string of the molecule is Cc1cc(C(=O)COc2cccc(Cl)c2Cl)c(C)[nH]1. The lowest BCUT2D eigenvalue weighted by molar-refractivity contribution is 0.0921. The summed E-state index contributed by atoms with van der Waals surface area (Å²) in [7, 11) is 0. The molecule has 0 amide bonds. The van der Waals surface area contributed by atoms with E-state index >= 15 is 0 Å². The molecule has 0 radical (unpaired) electrons. The molecular weight excluding hydrogens is 285 g/mol. The van der Waals surface area contributed by atoms with E-state index in [0.717, 1.165) is 11.4 Å². The smallest absolute Gasteiger partial charge is 0.202 e. The second kappa shape index (κ2) is 5.68. The van der Waals surface area contributed by atoms with Crippen molar-refractivity contribution in [2.75, 3.05) is 6.61 Å². The van der Waals surface area contributed by atoms with Crippen molar-refractivity contribution in [2.24, 2.45) is 0 Å². The minimum Gasteiger partial charge on any atom is -0.484 e. The van der Waals surface area contributed by atoms with Gasteiger partial charge < -0.3 is 9.72 Å². The van der Waals surface area contributed by atoms with E-state index in [2.05, 4.69) is 4.98 Å². The van der Waals surface area contributed by atoms with Gasteiger partial charge in [-0.1, -0.05) is 29.3 Å². The maximum Gasteiger partial charge on any atom is 0.202 e. The average molecular weight is 298 g/mol. The molecule has 5 heteroatoms. The maximum atomic E-state index is 12.0. The summed E-state index contributed by atoms with van der Waals surface area (Å²) < 4.78 is 5.42. The van der Waals surface area contributed by atoms with Gasteiger partial charge in [0, 0.05) is 17.0 Å². The van der Waals surface area contributed by atoms with Crippen molar-refractivity contribution in [3.05, 3.63) is 51.3 Å². The first-order valence-corrected chi connectivity index (χ1v) is 6.51. The summed E-state index contributed by atoms with van der Waals surface area (Å²) in [6.45, 7) is 3.68. The molecule has 2 aromatic rings. The average Bonchev–Trinajstić information content (AvgIpc) is 2.70. The molecule has 0 atom stereocenters. The Kier molecular flexibility index (Phi) is 4.17. The van der Waals surface area contributed by atoms with Gasteiger partial charge in [-0.2, -0.15) is 0 Å². The quantitative estimate of drug-likeness (QED) is 0.859. The predicted molar refractivity (Wildman–Crippen MR) is 76.6 cm³/mol. The lowest BCUT2D eigenvalue weighted by atomic mass is 10.1. The molecular formula is C14H13Cl2NO2. The van der Waals surface area contributed by atoms with Gasteiger partial charge in [-0.05, 0) is 32.0 Å². The highest BCUT2D eigenvalue weighted by molar-refractivity contribution is 6.42. The first-order chi connectivity index (χ1) is 8.99. The molecule has 0 saturated heterocycles. The molecule has 1 N–H and O–H groups in total. The summed E-state index contributed by atoms with van der Waals surface area (Å²) in [6.07, 6.45) is 0. The Balaban J connectivity index is 2.09. The van der Waals surface area contributed by atoms with Crippen LogP contribution in [0.3, 0.4) is 0 Å². The summed E-state index contributed by atoms with van der Waals surface area (Å²) in [6, 6.07) is 6.87. The zero-order chi connectivity index (χ0) is 14.0. The molecule has 3 nitrogen and oxygen atoms in total. The summed E-state index contributed by atoms with van der Waals surface area (Å²) in [5.41, 5.74) is 2.42. The van der Waals surface area contributed by atoms with Crippen LogP contribution in [0.5, 0.6) is 5.75 Å². The van der Waals surface area contributed by atoms with E-state index in [9.17, 15) is 4.79 Å². The number of aromatic nitrogens is 1. The van der Waals surface area contributed by atoms with Gasteiger partial charge in [-0.15, -0.1) is 0 Å². The van der Waals surface area contributed by atoms with Gasteiger partial charge in [0.1, 0.15) is 10.8 Å². The number of halogens is 2. The fraction of sp³-hybridized carbons (Fsp3) is 0.214. The van der Waals surface area contributed by atoms with Crippen LogP contribution < -0.4 is 4.74 Å². The number of carbonyl (C=O) groups excluding carboxylic acids is 1. The summed E-state index contributed by atoms with van der Waals surface area (Å²) in [4.78, 5) is 15.1. The van der Waals surface area contributed by atoms with Crippen LogP contribution in [0, 0.1) is 13.8 Å². The molecule has 2 rings (SSSR count). The van der Waals surface area contributed by atoms with E-state index in [-0.39, 0.29) is 12.4 Å². The van der Waals surface area contributed by atoms with Crippen LogP contribution in [-0.2, 0) is 0 Å². The number of aryl methyl sites for hydroxylation is 2. The largest absolute Gasteiger partial charge is 0.484 e.